The van der Waals surface area contributed by atoms with Gasteiger partial charge >= 0.3 is 0 Å². The molecule has 27 heavy (non-hydrogen) atoms. The number of nitrogens with zero attached hydrogens (tertiary/aromatic N) is 1. The van der Waals surface area contributed by atoms with Crippen LogP contribution < -0.4 is 10.1 Å². The topological polar surface area (TPSA) is 50.7 Å². The van der Waals surface area contributed by atoms with Crippen molar-refractivity contribution in [2.24, 2.45) is 4.99 Å². The number of aliphatic imine (C=N–C) groups is 1. The number of amides is 1. The lowest BCUT2D eigenvalue weighted by Crippen LogP contribution is -2.20. The lowest BCUT2D eigenvalue weighted by Gasteiger charge is -2.08. The second-order valence-corrected chi connectivity index (χ2v) is 6.25. The van der Waals surface area contributed by atoms with E-state index in [9.17, 15) is 4.79 Å². The first kappa shape index (κ1) is 18.4. The largest absolute Gasteiger partial charge is 0.484 e. The van der Waals surface area contributed by atoms with Crippen molar-refractivity contribution < 1.29 is 9.53 Å². The number of hydrogen-bond acceptors (Lipinski definition) is 3. The molecule has 0 aromatic heterocycles. The van der Waals surface area contributed by atoms with E-state index >= 15 is 0 Å². The number of rotatable bonds is 6. The van der Waals surface area contributed by atoms with Gasteiger partial charge in [0.2, 0.25) is 0 Å². The van der Waals surface area contributed by atoms with Crippen molar-refractivity contribution in [1.82, 2.24) is 0 Å². The van der Waals surface area contributed by atoms with E-state index in [-0.39, 0.29) is 12.5 Å². The number of carbonyl (C=O) groups excluding carboxylic acids is 1. The number of para-hydroxylation sites is 1. The predicted molar refractivity (Wildman–Crippen MR) is 110 cm³/mol. The normalized spacial score (nSPS) is 10.7. The van der Waals surface area contributed by atoms with E-state index in [1.54, 1.807) is 6.21 Å². The predicted octanol–water partition coefficient (Wildman–Crippen LogP) is 5.07. The van der Waals surface area contributed by atoms with E-state index in [1.807, 2.05) is 66.7 Å². The lowest BCUT2D eigenvalue weighted by atomic mass is 10.1. The van der Waals surface area contributed by atoms with Gasteiger partial charge in [-0.25, -0.2) is 0 Å². The SMILES string of the molecule is Cc1cccc(N=Cc2cccc(OCC(=O)Nc3ccccc3)c2)c1C. The third kappa shape index (κ3) is 5.28. The van der Waals surface area contributed by atoms with Gasteiger partial charge in [0, 0.05) is 11.9 Å². The van der Waals surface area contributed by atoms with Crippen LogP contribution in [0.2, 0.25) is 0 Å². The Balaban J connectivity index is 1.61. The highest BCUT2D eigenvalue weighted by Crippen LogP contribution is 2.21. The number of carbonyl (C=O) groups is 1. The van der Waals surface area contributed by atoms with E-state index in [0.29, 0.717) is 5.75 Å². The van der Waals surface area contributed by atoms with Crippen LogP contribution in [0.4, 0.5) is 11.4 Å². The minimum Gasteiger partial charge on any atom is -0.484 e. The Hall–Kier alpha value is -3.40. The van der Waals surface area contributed by atoms with Crippen LogP contribution in [0.15, 0.2) is 77.8 Å². The first-order valence-electron chi connectivity index (χ1n) is 8.80. The first-order valence-corrected chi connectivity index (χ1v) is 8.80. The Morgan fingerprint density at radius 1 is 1.00 bits per heavy atom. The second kappa shape index (κ2) is 8.81. The van der Waals surface area contributed by atoms with Gasteiger partial charge in [-0.05, 0) is 60.9 Å². The van der Waals surface area contributed by atoms with Crippen molar-refractivity contribution >= 4 is 23.5 Å². The molecule has 0 saturated heterocycles. The molecular weight excluding hydrogens is 336 g/mol. The fourth-order valence-electron chi connectivity index (χ4n) is 2.57. The van der Waals surface area contributed by atoms with Gasteiger partial charge in [0.05, 0.1) is 5.69 Å². The van der Waals surface area contributed by atoms with Gasteiger partial charge in [0.1, 0.15) is 5.75 Å². The fraction of sp³-hybridized carbons (Fsp3) is 0.130. The van der Waals surface area contributed by atoms with Crippen LogP contribution in [0.1, 0.15) is 16.7 Å². The molecule has 0 aliphatic heterocycles. The van der Waals surface area contributed by atoms with Gasteiger partial charge in [-0.2, -0.15) is 0 Å². The van der Waals surface area contributed by atoms with Crippen LogP contribution >= 0.6 is 0 Å². The molecule has 1 N–H and O–H groups in total. The molecule has 0 atom stereocenters. The molecule has 0 aliphatic carbocycles. The Bertz CT molecular complexity index is 950. The molecule has 4 heteroatoms. The van der Waals surface area contributed by atoms with Gasteiger partial charge < -0.3 is 10.1 Å². The van der Waals surface area contributed by atoms with Crippen LogP contribution in [0.25, 0.3) is 0 Å². The molecule has 3 rings (SSSR count). The highest BCUT2D eigenvalue weighted by Gasteiger charge is 2.04. The molecule has 3 aromatic carbocycles. The molecule has 4 nitrogen and oxygen atoms in total. The van der Waals surface area contributed by atoms with Gasteiger partial charge in [-0.1, -0.05) is 42.5 Å². The highest BCUT2D eigenvalue weighted by molar-refractivity contribution is 5.91. The van der Waals surface area contributed by atoms with Crippen molar-refractivity contribution in [3.8, 4) is 5.75 Å². The summed E-state index contributed by atoms with van der Waals surface area (Å²) in [5.41, 5.74) is 4.99. The smallest absolute Gasteiger partial charge is 0.262 e. The van der Waals surface area contributed by atoms with Crippen molar-refractivity contribution in [1.29, 1.82) is 0 Å². The van der Waals surface area contributed by atoms with E-state index in [0.717, 1.165) is 16.9 Å². The van der Waals surface area contributed by atoms with Crippen molar-refractivity contribution in [3.05, 3.63) is 89.5 Å². The molecule has 1 amide bonds. The number of aryl methyl sites for hydroxylation is 1. The quantitative estimate of drug-likeness (QED) is 0.625. The zero-order chi connectivity index (χ0) is 19.1. The average molecular weight is 358 g/mol. The fourth-order valence-corrected chi connectivity index (χ4v) is 2.57. The van der Waals surface area contributed by atoms with Crippen LogP contribution in [-0.2, 0) is 4.79 Å². The molecule has 0 spiro atoms. The van der Waals surface area contributed by atoms with Crippen LogP contribution in [0.3, 0.4) is 0 Å². The molecule has 0 saturated carbocycles. The zero-order valence-electron chi connectivity index (χ0n) is 15.5. The molecule has 0 bridgehead atoms. The van der Waals surface area contributed by atoms with E-state index in [4.69, 9.17) is 4.74 Å². The molecule has 0 heterocycles. The highest BCUT2D eigenvalue weighted by atomic mass is 16.5. The Kier molecular flexibility index (Phi) is 6.00. The van der Waals surface area contributed by atoms with Gasteiger partial charge in [0.25, 0.3) is 5.91 Å². The third-order valence-corrected chi connectivity index (χ3v) is 4.21. The lowest BCUT2D eigenvalue weighted by molar-refractivity contribution is -0.118. The monoisotopic (exact) mass is 358 g/mol. The molecule has 3 aromatic rings. The third-order valence-electron chi connectivity index (χ3n) is 4.21. The van der Waals surface area contributed by atoms with Crippen LogP contribution in [0.5, 0.6) is 5.75 Å². The minimum absolute atomic E-state index is 0.0491. The summed E-state index contributed by atoms with van der Waals surface area (Å²) in [5.74, 6) is 0.429. The van der Waals surface area contributed by atoms with Gasteiger partial charge in [-0.3, -0.25) is 9.79 Å². The van der Waals surface area contributed by atoms with E-state index in [2.05, 4.69) is 30.2 Å². The Labute approximate surface area is 159 Å². The molecule has 0 unspecified atom stereocenters. The summed E-state index contributed by atoms with van der Waals surface area (Å²) in [6.07, 6.45) is 1.80. The number of benzene rings is 3. The van der Waals surface area contributed by atoms with E-state index < -0.39 is 0 Å². The van der Waals surface area contributed by atoms with Crippen molar-refractivity contribution in [2.45, 2.75) is 13.8 Å². The minimum atomic E-state index is -0.198. The standard InChI is InChI=1S/C23H22N2O2/c1-17-8-6-13-22(18(17)2)24-15-19-9-7-12-21(14-19)27-16-23(26)25-20-10-4-3-5-11-20/h3-15H,16H2,1-2H3,(H,25,26). The zero-order valence-corrected chi connectivity index (χ0v) is 15.5. The van der Waals surface area contributed by atoms with Gasteiger partial charge in [-0.15, -0.1) is 0 Å². The van der Waals surface area contributed by atoms with Crippen LogP contribution in [0, 0.1) is 13.8 Å². The summed E-state index contributed by atoms with van der Waals surface area (Å²) in [7, 11) is 0. The van der Waals surface area contributed by atoms with E-state index in [1.165, 1.54) is 11.1 Å². The molecular formula is C23H22N2O2. The number of hydrogen-bond donors (Lipinski definition) is 1. The molecule has 0 aliphatic rings. The number of nitrogens with one attached hydrogen (secondary N) is 1. The van der Waals surface area contributed by atoms with Crippen molar-refractivity contribution in [2.75, 3.05) is 11.9 Å². The summed E-state index contributed by atoms with van der Waals surface area (Å²) < 4.78 is 5.60. The molecule has 136 valence electrons. The average Bonchev–Trinajstić information content (AvgIpc) is 2.69. The summed E-state index contributed by atoms with van der Waals surface area (Å²) in [6, 6.07) is 22.9. The number of anilines is 1. The summed E-state index contributed by atoms with van der Waals surface area (Å²) in [6.45, 7) is 4.09. The summed E-state index contributed by atoms with van der Waals surface area (Å²) in [5, 5.41) is 2.79. The first-order chi connectivity index (χ1) is 13.1. The molecule has 0 radical (unpaired) electrons. The number of ether oxygens (including phenoxy) is 1. The molecule has 0 fully saturated rings. The second-order valence-electron chi connectivity index (χ2n) is 6.25. The van der Waals surface area contributed by atoms with Crippen molar-refractivity contribution in [3.63, 3.8) is 0 Å². The Morgan fingerprint density at radius 3 is 2.59 bits per heavy atom. The van der Waals surface area contributed by atoms with Gasteiger partial charge in [0.15, 0.2) is 6.61 Å². The summed E-state index contributed by atoms with van der Waals surface area (Å²) >= 11 is 0. The summed E-state index contributed by atoms with van der Waals surface area (Å²) in [4.78, 5) is 16.6. The Morgan fingerprint density at radius 2 is 1.78 bits per heavy atom. The maximum absolute atomic E-state index is 12.0. The van der Waals surface area contributed by atoms with Crippen LogP contribution in [-0.4, -0.2) is 18.7 Å². The maximum atomic E-state index is 12.0. The maximum Gasteiger partial charge on any atom is 0.262 e.